The molecular formula is C13H9BrFN3O3. The number of carbonyl (C=O) groups excluding carboxylic acids is 1. The Kier molecular flexibility index (Phi) is 4.27. The van der Waals surface area contributed by atoms with E-state index < -0.39 is 16.6 Å². The van der Waals surface area contributed by atoms with Crippen molar-refractivity contribution in [3.05, 3.63) is 62.0 Å². The average molecular weight is 354 g/mol. The highest BCUT2D eigenvalue weighted by Gasteiger charge is 2.16. The number of hydrogen-bond acceptors (Lipinski definition) is 4. The van der Waals surface area contributed by atoms with E-state index in [1.165, 1.54) is 18.3 Å². The second-order valence-corrected chi connectivity index (χ2v) is 5.11. The minimum absolute atomic E-state index is 0.0522. The van der Waals surface area contributed by atoms with Crippen LogP contribution in [0, 0.1) is 22.9 Å². The summed E-state index contributed by atoms with van der Waals surface area (Å²) in [6.45, 7) is 1.57. The van der Waals surface area contributed by atoms with E-state index in [0.717, 1.165) is 12.1 Å². The van der Waals surface area contributed by atoms with Crippen LogP contribution in [-0.2, 0) is 0 Å². The molecule has 0 unspecified atom stereocenters. The summed E-state index contributed by atoms with van der Waals surface area (Å²) in [7, 11) is 0. The number of anilines is 1. The molecule has 0 aliphatic rings. The van der Waals surface area contributed by atoms with Crippen LogP contribution in [-0.4, -0.2) is 15.8 Å². The summed E-state index contributed by atoms with van der Waals surface area (Å²) >= 11 is 3.05. The van der Waals surface area contributed by atoms with Gasteiger partial charge in [0.1, 0.15) is 0 Å². The topological polar surface area (TPSA) is 85.1 Å². The lowest BCUT2D eigenvalue weighted by molar-refractivity contribution is -0.385. The standard InChI is InChI=1S/C13H9BrFN3O3/c1-7-2-3-8(4-11(7)18(20)21)13(19)17-12-10(15)5-9(14)6-16-12/h2-6H,1H3,(H,16,17,19). The van der Waals surface area contributed by atoms with Gasteiger partial charge < -0.3 is 5.32 Å². The van der Waals surface area contributed by atoms with E-state index in [1.54, 1.807) is 6.92 Å². The second-order valence-electron chi connectivity index (χ2n) is 4.20. The molecule has 0 bridgehead atoms. The number of nitro groups is 1. The van der Waals surface area contributed by atoms with E-state index in [1.807, 2.05) is 0 Å². The summed E-state index contributed by atoms with van der Waals surface area (Å²) in [5.41, 5.74) is 0.313. The van der Waals surface area contributed by atoms with Gasteiger partial charge in [0.05, 0.1) is 4.92 Å². The van der Waals surface area contributed by atoms with Gasteiger partial charge in [-0.1, -0.05) is 6.07 Å². The molecule has 1 aromatic carbocycles. The van der Waals surface area contributed by atoms with Crippen molar-refractivity contribution < 1.29 is 14.1 Å². The molecule has 0 aliphatic heterocycles. The van der Waals surface area contributed by atoms with Crippen LogP contribution in [0.2, 0.25) is 0 Å². The summed E-state index contributed by atoms with van der Waals surface area (Å²) in [6, 6.07) is 5.18. The van der Waals surface area contributed by atoms with Crippen molar-refractivity contribution in [2.75, 3.05) is 5.32 Å². The number of nitrogens with zero attached hydrogens (tertiary/aromatic N) is 2. The zero-order valence-electron chi connectivity index (χ0n) is 10.8. The van der Waals surface area contributed by atoms with Gasteiger partial charge in [0.25, 0.3) is 11.6 Å². The summed E-state index contributed by atoms with van der Waals surface area (Å²) in [6.07, 6.45) is 1.33. The lowest BCUT2D eigenvalue weighted by Gasteiger charge is -2.06. The van der Waals surface area contributed by atoms with Gasteiger partial charge in [-0.05, 0) is 35.0 Å². The van der Waals surface area contributed by atoms with Crippen LogP contribution in [0.1, 0.15) is 15.9 Å². The predicted octanol–water partition coefficient (Wildman–Crippen LogP) is 3.45. The van der Waals surface area contributed by atoms with Crippen LogP contribution in [0.3, 0.4) is 0 Å². The molecule has 2 aromatic rings. The first kappa shape index (κ1) is 15.0. The van der Waals surface area contributed by atoms with E-state index in [0.29, 0.717) is 10.0 Å². The minimum Gasteiger partial charge on any atom is -0.304 e. The van der Waals surface area contributed by atoms with Gasteiger partial charge in [0.2, 0.25) is 0 Å². The maximum absolute atomic E-state index is 13.6. The molecule has 1 N–H and O–H groups in total. The zero-order valence-corrected chi connectivity index (χ0v) is 12.3. The fraction of sp³-hybridized carbons (Fsp3) is 0.0769. The third-order valence-corrected chi connectivity index (χ3v) is 3.14. The van der Waals surface area contributed by atoms with Crippen molar-refractivity contribution in [2.24, 2.45) is 0 Å². The first-order valence-electron chi connectivity index (χ1n) is 5.76. The highest BCUT2D eigenvalue weighted by atomic mass is 79.9. The van der Waals surface area contributed by atoms with Gasteiger partial charge in [-0.2, -0.15) is 0 Å². The molecule has 0 saturated heterocycles. The Morgan fingerprint density at radius 1 is 1.43 bits per heavy atom. The van der Waals surface area contributed by atoms with Crippen molar-refractivity contribution in [1.82, 2.24) is 4.98 Å². The number of nitrogens with one attached hydrogen (secondary N) is 1. The molecule has 0 fully saturated rings. The Labute approximate surface area is 127 Å². The average Bonchev–Trinajstić information content (AvgIpc) is 2.42. The van der Waals surface area contributed by atoms with Gasteiger partial charge in [-0.15, -0.1) is 0 Å². The van der Waals surface area contributed by atoms with Crippen LogP contribution in [0.4, 0.5) is 15.9 Å². The number of nitro benzene ring substituents is 1. The molecule has 1 amide bonds. The number of aryl methyl sites for hydroxylation is 1. The van der Waals surface area contributed by atoms with Gasteiger partial charge >= 0.3 is 0 Å². The third-order valence-electron chi connectivity index (χ3n) is 2.71. The largest absolute Gasteiger partial charge is 0.304 e. The number of amides is 1. The van der Waals surface area contributed by atoms with E-state index in [-0.39, 0.29) is 17.1 Å². The van der Waals surface area contributed by atoms with Crippen molar-refractivity contribution in [3.63, 3.8) is 0 Å². The number of halogens is 2. The quantitative estimate of drug-likeness (QED) is 0.676. The van der Waals surface area contributed by atoms with E-state index >= 15 is 0 Å². The Hall–Kier alpha value is -2.35. The van der Waals surface area contributed by atoms with Gasteiger partial charge in [0, 0.05) is 27.9 Å². The Balaban J connectivity index is 2.28. The predicted molar refractivity (Wildman–Crippen MR) is 77.7 cm³/mol. The van der Waals surface area contributed by atoms with Crippen molar-refractivity contribution in [3.8, 4) is 0 Å². The Morgan fingerprint density at radius 2 is 2.14 bits per heavy atom. The number of benzene rings is 1. The Morgan fingerprint density at radius 3 is 2.76 bits per heavy atom. The van der Waals surface area contributed by atoms with Crippen molar-refractivity contribution >= 4 is 33.3 Å². The first-order valence-corrected chi connectivity index (χ1v) is 6.55. The lowest BCUT2D eigenvalue weighted by Crippen LogP contribution is -2.14. The molecule has 0 spiro atoms. The van der Waals surface area contributed by atoms with Crippen LogP contribution >= 0.6 is 15.9 Å². The fourth-order valence-electron chi connectivity index (χ4n) is 1.63. The molecule has 0 radical (unpaired) electrons. The molecule has 1 heterocycles. The maximum Gasteiger partial charge on any atom is 0.273 e. The zero-order chi connectivity index (χ0) is 15.6. The van der Waals surface area contributed by atoms with Gasteiger partial charge in [-0.3, -0.25) is 14.9 Å². The molecule has 8 heteroatoms. The molecule has 0 atom stereocenters. The second kappa shape index (κ2) is 5.96. The molecule has 21 heavy (non-hydrogen) atoms. The maximum atomic E-state index is 13.6. The van der Waals surface area contributed by atoms with Crippen LogP contribution in [0.15, 0.2) is 34.9 Å². The number of hydrogen-bond donors (Lipinski definition) is 1. The van der Waals surface area contributed by atoms with E-state index in [2.05, 4.69) is 26.2 Å². The molecule has 1 aromatic heterocycles. The highest BCUT2D eigenvalue weighted by Crippen LogP contribution is 2.21. The molecule has 108 valence electrons. The molecule has 6 nitrogen and oxygen atoms in total. The summed E-state index contributed by atoms with van der Waals surface area (Å²) in [5, 5.41) is 13.1. The van der Waals surface area contributed by atoms with E-state index in [9.17, 15) is 19.3 Å². The first-order chi connectivity index (χ1) is 9.88. The Bertz CT molecular complexity index is 737. The lowest BCUT2D eigenvalue weighted by atomic mass is 10.1. The normalized spacial score (nSPS) is 10.2. The SMILES string of the molecule is Cc1ccc(C(=O)Nc2ncc(Br)cc2F)cc1[N+](=O)[O-]. The molecule has 2 rings (SSSR count). The monoisotopic (exact) mass is 353 g/mol. The van der Waals surface area contributed by atoms with Crippen LogP contribution < -0.4 is 5.32 Å². The van der Waals surface area contributed by atoms with Gasteiger partial charge in [-0.25, -0.2) is 9.37 Å². The van der Waals surface area contributed by atoms with E-state index in [4.69, 9.17) is 0 Å². The fourth-order valence-corrected chi connectivity index (χ4v) is 1.94. The smallest absolute Gasteiger partial charge is 0.273 e. The summed E-state index contributed by atoms with van der Waals surface area (Å²) in [5.74, 6) is -1.63. The molecule has 0 aliphatic carbocycles. The van der Waals surface area contributed by atoms with Crippen LogP contribution in [0.5, 0.6) is 0 Å². The molecular weight excluding hydrogens is 345 g/mol. The third kappa shape index (κ3) is 3.40. The van der Waals surface area contributed by atoms with Crippen LogP contribution in [0.25, 0.3) is 0 Å². The number of rotatable bonds is 3. The number of pyridine rings is 1. The highest BCUT2D eigenvalue weighted by molar-refractivity contribution is 9.10. The molecule has 0 saturated carbocycles. The van der Waals surface area contributed by atoms with Gasteiger partial charge in [0.15, 0.2) is 11.6 Å². The summed E-state index contributed by atoms with van der Waals surface area (Å²) in [4.78, 5) is 26.0. The summed E-state index contributed by atoms with van der Waals surface area (Å²) < 4.78 is 14.0. The van der Waals surface area contributed by atoms with Crippen molar-refractivity contribution in [2.45, 2.75) is 6.92 Å². The van der Waals surface area contributed by atoms with Crippen molar-refractivity contribution in [1.29, 1.82) is 0 Å². The number of aromatic nitrogens is 1. The number of carbonyl (C=O) groups is 1. The minimum atomic E-state index is -0.709.